The fourth-order valence-electron chi connectivity index (χ4n) is 5.31. The van der Waals surface area contributed by atoms with Crippen LogP contribution in [0, 0.1) is 6.92 Å². The Morgan fingerprint density at radius 1 is 0.564 bits per heavy atom. The molecule has 0 fully saturated rings. The van der Waals surface area contributed by atoms with Gasteiger partial charge in [0.15, 0.2) is 11.5 Å². The van der Waals surface area contributed by atoms with E-state index in [4.69, 9.17) is 0 Å². The van der Waals surface area contributed by atoms with Gasteiger partial charge in [0.05, 0.1) is 5.56 Å². The van der Waals surface area contributed by atoms with Gasteiger partial charge in [0.25, 0.3) is 0 Å². The lowest BCUT2D eigenvalue weighted by Crippen LogP contribution is -2.16. The summed E-state index contributed by atoms with van der Waals surface area (Å²) in [6, 6.07) is 16.5. The number of hydrogen-bond donors (Lipinski definition) is 6. The minimum absolute atomic E-state index is 0.0505. The Bertz CT molecular complexity index is 1720. The Labute approximate surface area is 227 Å². The molecule has 0 saturated heterocycles. The molecule has 0 saturated carbocycles. The zero-order chi connectivity index (χ0) is 28.6. The summed E-state index contributed by atoms with van der Waals surface area (Å²) in [5, 5.41) is 53.5. The molecule has 0 unspecified atom stereocenters. The summed E-state index contributed by atoms with van der Waals surface area (Å²) >= 11 is 0. The van der Waals surface area contributed by atoms with Gasteiger partial charge in [0.1, 0.15) is 0 Å². The van der Waals surface area contributed by atoms with Gasteiger partial charge in [0, 0.05) is 21.8 Å². The number of fused-ring (bicyclic) bond motifs is 3. The van der Waals surface area contributed by atoms with E-state index >= 15 is 0 Å². The van der Waals surface area contributed by atoms with Crippen LogP contribution in [0.4, 0.5) is 0 Å². The molecule has 0 radical (unpaired) electrons. The van der Waals surface area contributed by atoms with Gasteiger partial charge < -0.3 is 30.5 Å². The third-order valence-corrected chi connectivity index (χ3v) is 7.67. The molecule has 5 rings (SSSR count). The lowest BCUT2D eigenvalue weighted by Gasteiger charge is -2.26. The highest BCUT2D eigenvalue weighted by atomic mass is 16.4. The molecule has 6 nitrogen and oxygen atoms in total. The van der Waals surface area contributed by atoms with Crippen molar-refractivity contribution in [3.8, 4) is 51.0 Å². The third-order valence-electron chi connectivity index (χ3n) is 7.67. The van der Waals surface area contributed by atoms with E-state index < -0.39 is 28.7 Å². The summed E-state index contributed by atoms with van der Waals surface area (Å²) in [7, 11) is 0. The van der Waals surface area contributed by atoms with E-state index in [1.165, 1.54) is 11.1 Å². The largest absolute Gasteiger partial charge is 0.504 e. The van der Waals surface area contributed by atoms with Crippen molar-refractivity contribution in [2.75, 3.05) is 0 Å². The first kappa shape index (κ1) is 26.3. The fraction of sp³-hybridized carbons (Fsp3) is 0.273. The van der Waals surface area contributed by atoms with Crippen molar-refractivity contribution in [2.24, 2.45) is 0 Å². The SMILES string of the molecule is Cc1c(-c2c(O)c(O)c(O)c(O)c2O)ccc2[nH]c3cccc(-c4cc(C(C)(C)C)cc(C(C)(C)C)c4)c3c12. The summed E-state index contributed by atoms with van der Waals surface area (Å²) in [4.78, 5) is 3.49. The zero-order valence-corrected chi connectivity index (χ0v) is 23.4. The monoisotopic (exact) mass is 525 g/mol. The van der Waals surface area contributed by atoms with Crippen molar-refractivity contribution in [1.82, 2.24) is 4.98 Å². The highest BCUT2D eigenvalue weighted by Crippen LogP contribution is 2.56. The molecule has 1 aromatic heterocycles. The highest BCUT2D eigenvalue weighted by Gasteiger charge is 2.27. The molecule has 0 spiro atoms. The molecular formula is C33H35NO5. The van der Waals surface area contributed by atoms with Gasteiger partial charge in [-0.2, -0.15) is 0 Å². The van der Waals surface area contributed by atoms with Crippen LogP contribution in [0.3, 0.4) is 0 Å². The standard InChI is InChI=1S/C33H35NO5/c1-16-20(26-27(35)29(37)31(39)30(38)28(26)36)11-12-23-24(16)25-21(9-8-10-22(25)34-23)17-13-18(32(2,3)4)15-19(14-17)33(5,6)7/h8-15,34-39H,1-7H3. The minimum Gasteiger partial charge on any atom is -0.504 e. The van der Waals surface area contributed by atoms with Crippen molar-refractivity contribution in [3.05, 3.63) is 65.2 Å². The summed E-state index contributed by atoms with van der Waals surface area (Å²) in [6.07, 6.45) is 0. The van der Waals surface area contributed by atoms with Gasteiger partial charge in [-0.05, 0) is 63.3 Å². The first-order valence-electron chi connectivity index (χ1n) is 13.0. The smallest absolute Gasteiger partial charge is 0.208 e. The molecule has 0 aliphatic rings. The predicted octanol–water partition coefficient (Wildman–Crippen LogP) is 8.09. The second kappa shape index (κ2) is 8.60. The fourth-order valence-corrected chi connectivity index (χ4v) is 5.31. The maximum absolute atomic E-state index is 10.7. The highest BCUT2D eigenvalue weighted by molar-refractivity contribution is 6.17. The van der Waals surface area contributed by atoms with Crippen LogP contribution >= 0.6 is 0 Å². The first-order chi connectivity index (χ1) is 18.1. The Balaban J connectivity index is 1.87. The van der Waals surface area contributed by atoms with Gasteiger partial charge >= 0.3 is 0 Å². The van der Waals surface area contributed by atoms with Crippen molar-refractivity contribution in [1.29, 1.82) is 0 Å². The van der Waals surface area contributed by atoms with Gasteiger partial charge in [-0.3, -0.25) is 0 Å². The molecule has 0 aliphatic heterocycles. The molecule has 4 aromatic carbocycles. The van der Waals surface area contributed by atoms with E-state index in [2.05, 4.69) is 70.8 Å². The number of aromatic nitrogens is 1. The maximum Gasteiger partial charge on any atom is 0.208 e. The van der Waals surface area contributed by atoms with Crippen molar-refractivity contribution in [2.45, 2.75) is 59.3 Å². The Hall–Kier alpha value is -4.32. The first-order valence-corrected chi connectivity index (χ1v) is 13.0. The predicted molar refractivity (Wildman–Crippen MR) is 157 cm³/mol. The lowest BCUT2D eigenvalue weighted by atomic mass is 9.78. The second-order valence-electron chi connectivity index (χ2n) is 12.4. The van der Waals surface area contributed by atoms with Crippen molar-refractivity contribution >= 4 is 21.8 Å². The van der Waals surface area contributed by atoms with Crippen LogP contribution in [0.1, 0.15) is 58.2 Å². The number of aryl methyl sites for hydroxylation is 1. The molecule has 0 aliphatic carbocycles. The van der Waals surface area contributed by atoms with Crippen molar-refractivity contribution in [3.63, 3.8) is 0 Å². The van der Waals surface area contributed by atoms with Crippen LogP contribution in [-0.4, -0.2) is 30.5 Å². The zero-order valence-electron chi connectivity index (χ0n) is 23.4. The second-order valence-corrected chi connectivity index (χ2v) is 12.4. The quantitative estimate of drug-likeness (QED) is 0.103. The van der Waals surface area contributed by atoms with E-state index in [9.17, 15) is 25.5 Å². The number of aromatic amines is 1. The van der Waals surface area contributed by atoms with E-state index in [0.29, 0.717) is 5.56 Å². The summed E-state index contributed by atoms with van der Waals surface area (Å²) in [5.74, 6) is -4.19. The molecule has 39 heavy (non-hydrogen) atoms. The van der Waals surface area contributed by atoms with Crippen LogP contribution in [0.2, 0.25) is 0 Å². The average Bonchev–Trinajstić information content (AvgIpc) is 3.26. The van der Waals surface area contributed by atoms with Crippen LogP contribution in [0.25, 0.3) is 44.1 Å². The van der Waals surface area contributed by atoms with E-state index in [1.807, 2.05) is 25.1 Å². The number of rotatable bonds is 2. The van der Waals surface area contributed by atoms with E-state index in [0.717, 1.165) is 38.5 Å². The number of H-pyrrole nitrogens is 1. The van der Waals surface area contributed by atoms with Gasteiger partial charge in [0.2, 0.25) is 17.2 Å². The molecule has 6 N–H and O–H groups in total. The number of benzene rings is 4. The summed E-state index contributed by atoms with van der Waals surface area (Å²) in [5.41, 5.74) is 7.30. The van der Waals surface area contributed by atoms with Crippen LogP contribution < -0.4 is 0 Å². The topological polar surface area (TPSA) is 117 Å². The molecule has 0 atom stereocenters. The Morgan fingerprint density at radius 3 is 1.62 bits per heavy atom. The normalized spacial score (nSPS) is 12.5. The molecule has 202 valence electrons. The third kappa shape index (κ3) is 4.11. The number of hydrogen-bond acceptors (Lipinski definition) is 5. The van der Waals surface area contributed by atoms with E-state index in [1.54, 1.807) is 6.07 Å². The van der Waals surface area contributed by atoms with Gasteiger partial charge in [-0.25, -0.2) is 0 Å². The number of nitrogens with one attached hydrogen (secondary N) is 1. The molecule has 0 amide bonds. The number of phenolic OH excluding ortho intramolecular Hbond substituents is 5. The average molecular weight is 526 g/mol. The van der Waals surface area contributed by atoms with Crippen LogP contribution in [0.15, 0.2) is 48.5 Å². The molecule has 0 bridgehead atoms. The Morgan fingerprint density at radius 2 is 1.08 bits per heavy atom. The molecule has 6 heteroatoms. The van der Waals surface area contributed by atoms with Gasteiger partial charge in [-0.15, -0.1) is 0 Å². The lowest BCUT2D eigenvalue weighted by molar-refractivity contribution is 0.330. The van der Waals surface area contributed by atoms with Crippen LogP contribution in [0.5, 0.6) is 28.7 Å². The summed E-state index contributed by atoms with van der Waals surface area (Å²) < 4.78 is 0. The molecular weight excluding hydrogens is 490 g/mol. The maximum atomic E-state index is 10.7. The van der Waals surface area contributed by atoms with Crippen molar-refractivity contribution < 1.29 is 25.5 Å². The van der Waals surface area contributed by atoms with Gasteiger partial charge in [-0.1, -0.05) is 77.9 Å². The molecule has 1 heterocycles. The number of phenols is 5. The van der Waals surface area contributed by atoms with Crippen LogP contribution in [-0.2, 0) is 10.8 Å². The van der Waals surface area contributed by atoms with E-state index in [-0.39, 0.29) is 16.4 Å². The molecule has 5 aromatic rings. The number of aromatic hydroxyl groups is 5. The minimum atomic E-state index is -0.977. The summed E-state index contributed by atoms with van der Waals surface area (Å²) in [6.45, 7) is 15.1. The Kier molecular flexibility index (Phi) is 5.80.